The number of nitrogens with zero attached hydrogens (tertiary/aromatic N) is 1. The van der Waals surface area contributed by atoms with Gasteiger partial charge in [0, 0.05) is 31.1 Å². The number of hydrogen-bond donors (Lipinski definition) is 1. The summed E-state index contributed by atoms with van der Waals surface area (Å²) in [6.07, 6.45) is 1.53. The molecule has 3 aromatic rings. The maximum Gasteiger partial charge on any atom is 0.259 e. The van der Waals surface area contributed by atoms with Crippen LogP contribution in [0.2, 0.25) is 10.0 Å². The third-order valence-corrected chi connectivity index (χ3v) is 4.39. The molecule has 27 heavy (non-hydrogen) atoms. The zero-order valence-corrected chi connectivity index (χ0v) is 15.5. The number of carbonyl (C=O) groups excluding carboxylic acids is 1. The Kier molecular flexibility index (Phi) is 5.48. The summed E-state index contributed by atoms with van der Waals surface area (Å²) in [5.74, 6) is -0.506. The van der Waals surface area contributed by atoms with E-state index in [9.17, 15) is 14.0 Å². The number of pyridine rings is 1. The molecule has 0 saturated carbocycles. The van der Waals surface area contributed by atoms with Crippen molar-refractivity contribution in [2.24, 2.45) is 7.05 Å². The molecule has 0 bridgehead atoms. The van der Waals surface area contributed by atoms with Gasteiger partial charge < -0.3 is 14.6 Å². The van der Waals surface area contributed by atoms with Crippen LogP contribution in [0.15, 0.2) is 59.5 Å². The van der Waals surface area contributed by atoms with E-state index in [1.807, 2.05) is 0 Å². The summed E-state index contributed by atoms with van der Waals surface area (Å²) in [5.41, 5.74) is 0.154. The minimum Gasteiger partial charge on any atom is -0.456 e. The average Bonchev–Trinajstić information content (AvgIpc) is 2.63. The van der Waals surface area contributed by atoms with Crippen molar-refractivity contribution in [2.75, 3.05) is 5.32 Å². The lowest BCUT2D eigenvalue weighted by atomic mass is 10.1. The third-order valence-electron chi connectivity index (χ3n) is 3.67. The lowest BCUT2D eigenvalue weighted by Crippen LogP contribution is -2.18. The van der Waals surface area contributed by atoms with Crippen LogP contribution in [0.3, 0.4) is 0 Å². The highest BCUT2D eigenvalue weighted by molar-refractivity contribution is 6.42. The first-order valence-corrected chi connectivity index (χ1v) is 8.49. The van der Waals surface area contributed by atoms with Crippen LogP contribution >= 0.6 is 23.2 Å². The molecule has 0 radical (unpaired) electrons. The zero-order chi connectivity index (χ0) is 19.6. The fourth-order valence-corrected chi connectivity index (χ4v) is 2.56. The molecule has 0 aliphatic carbocycles. The Balaban J connectivity index is 1.93. The van der Waals surface area contributed by atoms with Crippen molar-refractivity contribution < 1.29 is 13.9 Å². The summed E-state index contributed by atoms with van der Waals surface area (Å²) < 4.78 is 20.1. The molecule has 0 aliphatic heterocycles. The number of aryl methyl sites for hydroxylation is 1. The highest BCUT2D eigenvalue weighted by atomic mass is 35.5. The van der Waals surface area contributed by atoms with Crippen LogP contribution in [-0.4, -0.2) is 10.5 Å². The van der Waals surface area contributed by atoms with Gasteiger partial charge in [-0.3, -0.25) is 9.59 Å². The smallest absolute Gasteiger partial charge is 0.259 e. The lowest BCUT2D eigenvalue weighted by Gasteiger charge is -2.13. The van der Waals surface area contributed by atoms with Crippen molar-refractivity contribution in [2.45, 2.75) is 0 Å². The molecule has 1 aromatic heterocycles. The van der Waals surface area contributed by atoms with Crippen molar-refractivity contribution in [3.63, 3.8) is 0 Å². The number of halogens is 3. The number of hydrogen-bond acceptors (Lipinski definition) is 3. The molecule has 1 N–H and O–H groups in total. The van der Waals surface area contributed by atoms with Crippen LogP contribution in [0.5, 0.6) is 11.5 Å². The van der Waals surface area contributed by atoms with Crippen LogP contribution in [0, 0.1) is 5.82 Å². The molecule has 3 rings (SSSR count). The first kappa shape index (κ1) is 18.9. The van der Waals surface area contributed by atoms with Gasteiger partial charge in [-0.05, 0) is 36.4 Å². The number of ether oxygens (including phenoxy) is 1. The van der Waals surface area contributed by atoms with Gasteiger partial charge in [-0.15, -0.1) is 0 Å². The molecule has 2 aromatic carbocycles. The normalized spacial score (nSPS) is 10.5. The molecule has 0 fully saturated rings. The van der Waals surface area contributed by atoms with E-state index in [2.05, 4.69) is 5.32 Å². The highest BCUT2D eigenvalue weighted by Gasteiger charge is 2.17. The average molecular weight is 407 g/mol. The van der Waals surface area contributed by atoms with Crippen molar-refractivity contribution in [1.29, 1.82) is 0 Å². The summed E-state index contributed by atoms with van der Waals surface area (Å²) in [6, 6.07) is 10.9. The van der Waals surface area contributed by atoms with Crippen molar-refractivity contribution in [1.82, 2.24) is 4.57 Å². The monoisotopic (exact) mass is 406 g/mol. The highest BCUT2D eigenvalue weighted by Crippen LogP contribution is 2.34. The van der Waals surface area contributed by atoms with E-state index in [0.29, 0.717) is 11.4 Å². The summed E-state index contributed by atoms with van der Waals surface area (Å²) in [7, 11) is 1.60. The van der Waals surface area contributed by atoms with Gasteiger partial charge in [0.1, 0.15) is 17.3 Å². The fraction of sp³-hybridized carbons (Fsp3) is 0.0526. The Labute approximate surface area is 163 Å². The van der Waals surface area contributed by atoms with E-state index in [1.54, 1.807) is 13.1 Å². The van der Waals surface area contributed by atoms with E-state index in [1.165, 1.54) is 53.2 Å². The number of benzene rings is 2. The Morgan fingerprint density at radius 2 is 1.74 bits per heavy atom. The molecule has 0 aliphatic rings. The van der Waals surface area contributed by atoms with E-state index in [4.69, 9.17) is 27.9 Å². The third kappa shape index (κ3) is 4.48. The second-order valence-electron chi connectivity index (χ2n) is 5.64. The lowest BCUT2D eigenvalue weighted by molar-refractivity contribution is 0.102. The van der Waals surface area contributed by atoms with Crippen molar-refractivity contribution in [3.05, 3.63) is 86.5 Å². The minimum absolute atomic E-state index is 0.106. The van der Waals surface area contributed by atoms with Crippen LogP contribution in [0.4, 0.5) is 10.1 Å². The second-order valence-corrected chi connectivity index (χ2v) is 6.45. The van der Waals surface area contributed by atoms with Crippen molar-refractivity contribution in [3.8, 4) is 11.5 Å². The standard InChI is InChI=1S/C19H13Cl2FN2O3/c1-24-7-6-12(8-18(24)25)23-19(26)14-9-15(20)16(21)10-17(14)27-13-4-2-11(22)3-5-13/h2-10H,1H3,(H,23,26). The van der Waals surface area contributed by atoms with E-state index >= 15 is 0 Å². The Hall–Kier alpha value is -2.83. The number of carbonyl (C=O) groups is 1. The molecule has 8 heteroatoms. The van der Waals surface area contributed by atoms with Crippen LogP contribution < -0.4 is 15.6 Å². The van der Waals surface area contributed by atoms with Gasteiger partial charge in [-0.25, -0.2) is 4.39 Å². The number of aromatic nitrogens is 1. The van der Waals surface area contributed by atoms with Gasteiger partial charge in [-0.1, -0.05) is 23.2 Å². The van der Waals surface area contributed by atoms with Gasteiger partial charge in [0.15, 0.2) is 0 Å². The SMILES string of the molecule is Cn1ccc(NC(=O)c2cc(Cl)c(Cl)cc2Oc2ccc(F)cc2)cc1=O. The molecule has 138 valence electrons. The summed E-state index contributed by atoms with van der Waals surface area (Å²) in [4.78, 5) is 24.4. The Morgan fingerprint density at radius 1 is 1.07 bits per heavy atom. The number of anilines is 1. The van der Waals surface area contributed by atoms with E-state index in [-0.39, 0.29) is 26.9 Å². The van der Waals surface area contributed by atoms with Gasteiger partial charge in [0.25, 0.3) is 11.5 Å². The summed E-state index contributed by atoms with van der Waals surface area (Å²) >= 11 is 12.1. The predicted octanol–water partition coefficient (Wildman–Crippen LogP) is 4.88. The molecule has 0 spiro atoms. The molecule has 0 unspecified atom stereocenters. The first-order valence-electron chi connectivity index (χ1n) is 7.74. The molecular formula is C19H13Cl2FN2O3. The summed E-state index contributed by atoms with van der Waals surface area (Å²) in [5, 5.41) is 2.97. The minimum atomic E-state index is -0.543. The van der Waals surface area contributed by atoms with Crippen molar-refractivity contribution >= 4 is 34.8 Å². The van der Waals surface area contributed by atoms with E-state index < -0.39 is 11.7 Å². The van der Waals surface area contributed by atoms with Crippen LogP contribution in [0.25, 0.3) is 0 Å². The van der Waals surface area contributed by atoms with Gasteiger partial charge in [-0.2, -0.15) is 0 Å². The topological polar surface area (TPSA) is 60.3 Å². The molecule has 1 amide bonds. The number of rotatable bonds is 4. The Bertz CT molecular complexity index is 1070. The molecular weight excluding hydrogens is 394 g/mol. The van der Waals surface area contributed by atoms with Crippen LogP contribution in [0.1, 0.15) is 10.4 Å². The fourth-order valence-electron chi connectivity index (χ4n) is 2.24. The number of amides is 1. The largest absolute Gasteiger partial charge is 0.456 e. The maximum absolute atomic E-state index is 13.1. The maximum atomic E-state index is 13.1. The quantitative estimate of drug-likeness (QED) is 0.671. The number of nitrogens with one attached hydrogen (secondary N) is 1. The van der Waals surface area contributed by atoms with Gasteiger partial charge >= 0.3 is 0 Å². The Morgan fingerprint density at radius 3 is 2.41 bits per heavy atom. The second kappa shape index (κ2) is 7.82. The molecule has 0 saturated heterocycles. The van der Waals surface area contributed by atoms with Crippen LogP contribution in [-0.2, 0) is 7.05 Å². The molecule has 5 nitrogen and oxygen atoms in total. The first-order chi connectivity index (χ1) is 12.8. The van der Waals surface area contributed by atoms with E-state index in [0.717, 1.165) is 0 Å². The van der Waals surface area contributed by atoms with Gasteiger partial charge in [0.05, 0.1) is 15.6 Å². The van der Waals surface area contributed by atoms with Gasteiger partial charge in [0.2, 0.25) is 0 Å². The zero-order valence-electron chi connectivity index (χ0n) is 14.0. The molecule has 0 atom stereocenters. The molecule has 1 heterocycles. The predicted molar refractivity (Wildman–Crippen MR) is 103 cm³/mol. The summed E-state index contributed by atoms with van der Waals surface area (Å²) in [6.45, 7) is 0.